The van der Waals surface area contributed by atoms with Crippen LogP contribution in [0.3, 0.4) is 0 Å². The van der Waals surface area contributed by atoms with Crippen molar-refractivity contribution in [2.24, 2.45) is 11.8 Å². The van der Waals surface area contributed by atoms with Crippen LogP contribution in [0.1, 0.15) is 32.3 Å². The highest BCUT2D eigenvalue weighted by molar-refractivity contribution is 7.91. The van der Waals surface area contributed by atoms with Crippen LogP contribution in [0, 0.1) is 11.8 Å². The lowest BCUT2D eigenvalue weighted by atomic mass is 9.85. The van der Waals surface area contributed by atoms with Crippen LogP contribution in [0.4, 0.5) is 0 Å². The molecule has 1 aliphatic rings. The Morgan fingerprint density at radius 2 is 1.97 bits per heavy atom. The van der Waals surface area contributed by atoms with Gasteiger partial charge in [-0.1, -0.05) is 36.7 Å². The van der Waals surface area contributed by atoms with E-state index < -0.39 is 10.0 Å². The molecular weight excluding hydrogens is 444 g/mol. The zero-order valence-corrected chi connectivity index (χ0v) is 19.5. The summed E-state index contributed by atoms with van der Waals surface area (Å²) < 4.78 is 33.3. The van der Waals surface area contributed by atoms with Gasteiger partial charge in [-0.05, 0) is 43.9 Å². The van der Waals surface area contributed by atoms with Crippen molar-refractivity contribution >= 4 is 38.9 Å². The summed E-state index contributed by atoms with van der Waals surface area (Å²) in [6.45, 7) is 5.64. The topological polar surface area (TPSA) is 75.7 Å². The Kier molecular flexibility index (Phi) is 7.79. The molecule has 1 aromatic heterocycles. The van der Waals surface area contributed by atoms with Gasteiger partial charge >= 0.3 is 0 Å². The first-order chi connectivity index (χ1) is 14.3. The number of rotatable bonds is 8. The van der Waals surface area contributed by atoms with E-state index in [1.54, 1.807) is 12.1 Å². The summed E-state index contributed by atoms with van der Waals surface area (Å²) in [5.41, 5.74) is 0.940. The van der Waals surface area contributed by atoms with E-state index in [0.717, 1.165) is 22.6 Å². The van der Waals surface area contributed by atoms with Crippen LogP contribution in [0.2, 0.25) is 4.34 Å². The van der Waals surface area contributed by atoms with Crippen molar-refractivity contribution in [2.75, 3.05) is 19.7 Å². The fourth-order valence-electron chi connectivity index (χ4n) is 3.68. The van der Waals surface area contributed by atoms with Crippen molar-refractivity contribution in [3.8, 4) is 5.75 Å². The average molecular weight is 471 g/mol. The molecule has 2 aromatic rings. The number of benzene rings is 1. The standard InChI is InChI=1S/C21H27ClN2O4S2/c1-3-28-18-7-5-4-6-17(18)14-23-21(25)15(2)16-10-12-24(13-11-16)30(26,27)20-9-8-19(22)29-20/h4-9,15-16H,3,10-14H2,1-2H3,(H,23,25). The second-order valence-corrected chi connectivity index (χ2v) is 11.2. The minimum absolute atomic E-state index is 0.0207. The van der Waals surface area contributed by atoms with Crippen molar-refractivity contribution in [1.82, 2.24) is 9.62 Å². The lowest BCUT2D eigenvalue weighted by Crippen LogP contribution is -2.42. The van der Waals surface area contributed by atoms with Crippen LogP contribution in [-0.4, -0.2) is 38.3 Å². The SMILES string of the molecule is CCOc1ccccc1CNC(=O)C(C)C1CCN(S(=O)(=O)c2ccc(Cl)s2)CC1. The molecule has 0 saturated carbocycles. The molecule has 0 spiro atoms. The molecule has 1 N–H and O–H groups in total. The van der Waals surface area contributed by atoms with Crippen LogP contribution in [0.15, 0.2) is 40.6 Å². The van der Waals surface area contributed by atoms with E-state index in [-0.39, 0.29) is 22.0 Å². The Morgan fingerprint density at radius 3 is 2.60 bits per heavy atom. The van der Waals surface area contributed by atoms with Crippen molar-refractivity contribution in [2.45, 2.75) is 37.4 Å². The van der Waals surface area contributed by atoms with Gasteiger partial charge in [0.05, 0.1) is 10.9 Å². The number of hydrogen-bond donors (Lipinski definition) is 1. The molecule has 3 rings (SSSR count). The number of carbonyl (C=O) groups is 1. The molecule has 9 heteroatoms. The van der Waals surface area contributed by atoms with Crippen LogP contribution >= 0.6 is 22.9 Å². The molecule has 1 aliphatic heterocycles. The quantitative estimate of drug-likeness (QED) is 0.628. The molecule has 1 fully saturated rings. The zero-order chi connectivity index (χ0) is 21.7. The number of nitrogens with one attached hydrogen (secondary N) is 1. The summed E-state index contributed by atoms with van der Waals surface area (Å²) in [4.78, 5) is 12.7. The Balaban J connectivity index is 1.53. The number of ether oxygens (including phenoxy) is 1. The molecule has 1 saturated heterocycles. The monoisotopic (exact) mass is 470 g/mol. The first-order valence-corrected chi connectivity index (χ1v) is 12.7. The van der Waals surface area contributed by atoms with Gasteiger partial charge in [-0.2, -0.15) is 4.31 Å². The molecule has 0 bridgehead atoms. The van der Waals surface area contributed by atoms with Crippen LogP contribution in [-0.2, 0) is 21.4 Å². The summed E-state index contributed by atoms with van der Waals surface area (Å²) in [7, 11) is -3.51. The number of para-hydroxylation sites is 1. The molecule has 1 unspecified atom stereocenters. The van der Waals surface area contributed by atoms with Gasteiger partial charge in [-0.15, -0.1) is 11.3 Å². The van der Waals surface area contributed by atoms with Gasteiger partial charge in [0.1, 0.15) is 9.96 Å². The smallest absolute Gasteiger partial charge is 0.252 e. The van der Waals surface area contributed by atoms with Gasteiger partial charge in [0.15, 0.2) is 0 Å². The molecule has 1 amide bonds. The summed E-state index contributed by atoms with van der Waals surface area (Å²) in [6.07, 6.45) is 1.31. The molecule has 6 nitrogen and oxygen atoms in total. The van der Waals surface area contributed by atoms with Gasteiger partial charge in [0.2, 0.25) is 5.91 Å². The normalized spacial score (nSPS) is 16.9. The highest BCUT2D eigenvalue weighted by Crippen LogP contribution is 2.32. The largest absolute Gasteiger partial charge is 0.494 e. The van der Waals surface area contributed by atoms with Gasteiger partial charge in [-0.25, -0.2) is 8.42 Å². The third-order valence-corrected chi connectivity index (χ3v) is 9.08. The molecule has 0 aliphatic carbocycles. The van der Waals surface area contributed by atoms with Gasteiger partial charge < -0.3 is 10.1 Å². The Bertz CT molecular complexity index is 969. The lowest BCUT2D eigenvalue weighted by Gasteiger charge is -2.33. The van der Waals surface area contributed by atoms with E-state index in [4.69, 9.17) is 16.3 Å². The van der Waals surface area contributed by atoms with Crippen LogP contribution < -0.4 is 10.1 Å². The fourth-order valence-corrected chi connectivity index (χ4v) is 6.79. The summed E-state index contributed by atoms with van der Waals surface area (Å²) in [5.74, 6) is 0.712. The van der Waals surface area contributed by atoms with Crippen molar-refractivity contribution in [3.05, 3.63) is 46.3 Å². The molecule has 0 radical (unpaired) electrons. The summed E-state index contributed by atoms with van der Waals surface area (Å²) in [5, 5.41) is 3.00. The molecular formula is C21H27ClN2O4S2. The minimum atomic E-state index is -3.51. The molecule has 164 valence electrons. The first kappa shape index (κ1) is 23.1. The van der Waals surface area contributed by atoms with Gasteiger partial charge in [0, 0.05) is 31.1 Å². The maximum absolute atomic E-state index is 12.7. The number of halogens is 1. The first-order valence-electron chi connectivity index (χ1n) is 10.1. The average Bonchev–Trinajstić information content (AvgIpc) is 3.20. The number of amides is 1. The predicted molar refractivity (Wildman–Crippen MR) is 119 cm³/mol. The Hall–Kier alpha value is -1.61. The third-order valence-electron chi connectivity index (χ3n) is 5.49. The number of piperidine rings is 1. The number of sulfonamides is 1. The van der Waals surface area contributed by atoms with Crippen LogP contribution in [0.25, 0.3) is 0 Å². The van der Waals surface area contributed by atoms with Crippen molar-refractivity contribution in [1.29, 1.82) is 0 Å². The highest BCUT2D eigenvalue weighted by atomic mass is 35.5. The molecule has 2 heterocycles. The Labute approximate surface area is 187 Å². The zero-order valence-electron chi connectivity index (χ0n) is 17.1. The van der Waals surface area contributed by atoms with Crippen molar-refractivity contribution < 1.29 is 17.9 Å². The van der Waals surface area contributed by atoms with Crippen LogP contribution in [0.5, 0.6) is 5.75 Å². The highest BCUT2D eigenvalue weighted by Gasteiger charge is 2.34. The molecule has 1 aromatic carbocycles. The van der Waals surface area contributed by atoms with Gasteiger partial charge in [0.25, 0.3) is 10.0 Å². The minimum Gasteiger partial charge on any atom is -0.494 e. The van der Waals surface area contributed by atoms with E-state index in [1.807, 2.05) is 38.1 Å². The number of carbonyl (C=O) groups excluding carboxylic acids is 1. The second kappa shape index (κ2) is 10.1. The Morgan fingerprint density at radius 1 is 1.27 bits per heavy atom. The van der Waals surface area contributed by atoms with Gasteiger partial charge in [-0.3, -0.25) is 4.79 Å². The number of thiophene rings is 1. The van der Waals surface area contributed by atoms with E-state index >= 15 is 0 Å². The second-order valence-electron chi connectivity index (χ2n) is 7.35. The predicted octanol–water partition coefficient (Wildman–Crippen LogP) is 4.15. The molecule has 30 heavy (non-hydrogen) atoms. The summed E-state index contributed by atoms with van der Waals surface area (Å²) >= 11 is 6.96. The third kappa shape index (κ3) is 5.35. The maximum Gasteiger partial charge on any atom is 0.252 e. The fraction of sp³-hybridized carbons (Fsp3) is 0.476. The number of hydrogen-bond acceptors (Lipinski definition) is 5. The van der Waals surface area contributed by atoms with Crippen molar-refractivity contribution in [3.63, 3.8) is 0 Å². The van der Waals surface area contributed by atoms with E-state index in [1.165, 1.54) is 4.31 Å². The van der Waals surface area contributed by atoms with E-state index in [2.05, 4.69) is 5.32 Å². The molecule has 1 atom stereocenters. The number of nitrogens with zero attached hydrogens (tertiary/aromatic N) is 1. The van der Waals surface area contributed by atoms with E-state index in [0.29, 0.717) is 43.4 Å². The maximum atomic E-state index is 12.7. The van der Waals surface area contributed by atoms with E-state index in [9.17, 15) is 13.2 Å². The summed E-state index contributed by atoms with van der Waals surface area (Å²) in [6, 6.07) is 10.8. The lowest BCUT2D eigenvalue weighted by molar-refractivity contribution is -0.126.